The Hall–Kier alpha value is -1.18. The molecule has 10 heavy (non-hydrogen) atoms. The minimum absolute atomic E-state index is 0.115. The number of phenolic OH excluding ortho intramolecular Hbond substituents is 1. The molecular weight excluding hydrogens is 128 g/mol. The second kappa shape index (κ2) is 2.60. The van der Waals surface area contributed by atoms with E-state index < -0.39 is 0 Å². The molecule has 0 saturated heterocycles. The third-order valence-corrected chi connectivity index (χ3v) is 1.24. The van der Waals surface area contributed by atoms with Gasteiger partial charge in [0.05, 0.1) is 7.11 Å². The van der Waals surface area contributed by atoms with E-state index in [-0.39, 0.29) is 12.6 Å². The lowest BCUT2D eigenvalue weighted by atomic mass is 10.2. The quantitative estimate of drug-likeness (QED) is 0.641. The Morgan fingerprint density at radius 2 is 2.40 bits per heavy atom. The molecule has 0 fully saturated rings. The van der Waals surface area contributed by atoms with Gasteiger partial charge in [0, 0.05) is 1.37 Å². The van der Waals surface area contributed by atoms with Gasteiger partial charge in [0.2, 0.25) is 0 Å². The fraction of sp³-hybridized carbons (Fsp3) is 0.250. The van der Waals surface area contributed by atoms with Crippen LogP contribution in [-0.2, 0) is 0 Å². The number of aromatic hydroxyl groups is 1. The number of hydrogen-bond acceptors (Lipinski definition) is 2. The van der Waals surface area contributed by atoms with E-state index in [1.54, 1.807) is 12.1 Å². The van der Waals surface area contributed by atoms with Crippen molar-refractivity contribution < 1.29 is 11.2 Å². The van der Waals surface area contributed by atoms with Crippen LogP contribution in [0.1, 0.15) is 6.93 Å². The SMILES string of the molecule is [2H]Cc1ccc(O)c(OC)c1. The molecule has 2 nitrogen and oxygen atoms in total. The Balaban J connectivity index is 3.02. The van der Waals surface area contributed by atoms with Gasteiger partial charge in [-0.25, -0.2) is 0 Å². The monoisotopic (exact) mass is 139 g/mol. The fourth-order valence-electron chi connectivity index (χ4n) is 0.722. The molecular formula is C8H10O2. The topological polar surface area (TPSA) is 29.5 Å². The van der Waals surface area contributed by atoms with Crippen LogP contribution in [0.5, 0.6) is 11.5 Å². The van der Waals surface area contributed by atoms with E-state index in [1.165, 1.54) is 13.2 Å². The average molecular weight is 139 g/mol. The number of hydrogen-bond donors (Lipinski definition) is 1. The van der Waals surface area contributed by atoms with Crippen LogP contribution in [0.2, 0.25) is 0 Å². The summed E-state index contributed by atoms with van der Waals surface area (Å²) in [6.07, 6.45) is 0. The first kappa shape index (κ1) is 5.59. The smallest absolute Gasteiger partial charge is 0.160 e. The van der Waals surface area contributed by atoms with E-state index in [0.29, 0.717) is 5.75 Å². The van der Waals surface area contributed by atoms with E-state index >= 15 is 0 Å². The number of ether oxygens (including phenoxy) is 1. The number of phenols is 1. The molecule has 0 spiro atoms. The molecule has 1 N–H and O–H groups in total. The minimum Gasteiger partial charge on any atom is -0.504 e. The molecule has 0 aliphatic carbocycles. The third-order valence-electron chi connectivity index (χ3n) is 1.24. The van der Waals surface area contributed by atoms with Gasteiger partial charge in [-0.2, -0.15) is 0 Å². The Labute approximate surface area is 61.5 Å². The average Bonchev–Trinajstić information content (AvgIpc) is 2.05. The minimum atomic E-state index is 0.115. The Bertz CT molecular complexity index is 248. The lowest BCUT2D eigenvalue weighted by Gasteiger charge is -2.02. The zero-order chi connectivity index (χ0) is 8.27. The molecule has 54 valence electrons. The van der Waals surface area contributed by atoms with Gasteiger partial charge in [0.25, 0.3) is 0 Å². The number of benzene rings is 1. The molecule has 0 aliphatic rings. The summed E-state index contributed by atoms with van der Waals surface area (Å²) in [4.78, 5) is 0. The lowest BCUT2D eigenvalue weighted by molar-refractivity contribution is 0.373. The molecule has 0 aliphatic heterocycles. The van der Waals surface area contributed by atoms with Gasteiger partial charge >= 0.3 is 0 Å². The van der Waals surface area contributed by atoms with Crippen LogP contribution in [0.3, 0.4) is 0 Å². The molecule has 0 bridgehead atoms. The number of aryl methyl sites for hydroxylation is 1. The molecule has 0 unspecified atom stereocenters. The van der Waals surface area contributed by atoms with Crippen molar-refractivity contribution in [1.82, 2.24) is 0 Å². The summed E-state index contributed by atoms with van der Waals surface area (Å²) < 4.78 is 11.9. The van der Waals surface area contributed by atoms with Crippen LogP contribution in [-0.4, -0.2) is 12.2 Å². The fourth-order valence-corrected chi connectivity index (χ4v) is 0.722. The highest BCUT2D eigenvalue weighted by molar-refractivity contribution is 5.41. The normalized spacial score (nSPS) is 10.7. The molecule has 0 heterocycles. The third kappa shape index (κ3) is 1.21. The van der Waals surface area contributed by atoms with E-state index in [2.05, 4.69) is 0 Å². The lowest BCUT2D eigenvalue weighted by Crippen LogP contribution is -1.83. The van der Waals surface area contributed by atoms with Crippen LogP contribution in [0.25, 0.3) is 0 Å². The first-order chi connectivity index (χ1) is 5.27. The Morgan fingerprint density at radius 1 is 1.60 bits per heavy atom. The summed E-state index contributed by atoms with van der Waals surface area (Å²) in [5, 5.41) is 9.14. The maximum absolute atomic E-state index is 9.14. The summed E-state index contributed by atoms with van der Waals surface area (Å²) in [7, 11) is 1.49. The summed E-state index contributed by atoms with van der Waals surface area (Å²) in [6.45, 7) is 0.205. The predicted octanol–water partition coefficient (Wildman–Crippen LogP) is 1.71. The van der Waals surface area contributed by atoms with Crippen LogP contribution in [0.4, 0.5) is 0 Å². The molecule has 1 aromatic rings. The van der Waals surface area contributed by atoms with Crippen molar-refractivity contribution in [3.8, 4) is 11.5 Å². The van der Waals surface area contributed by atoms with Crippen molar-refractivity contribution in [2.24, 2.45) is 0 Å². The maximum atomic E-state index is 9.14. The highest BCUT2D eigenvalue weighted by Crippen LogP contribution is 2.25. The van der Waals surface area contributed by atoms with Crippen molar-refractivity contribution in [2.45, 2.75) is 6.90 Å². The summed E-state index contributed by atoms with van der Waals surface area (Å²) in [6, 6.07) is 4.88. The largest absolute Gasteiger partial charge is 0.504 e. The summed E-state index contributed by atoms with van der Waals surface area (Å²) in [5.74, 6) is 0.541. The van der Waals surface area contributed by atoms with Crippen molar-refractivity contribution >= 4 is 0 Å². The van der Waals surface area contributed by atoms with E-state index in [4.69, 9.17) is 11.2 Å². The first-order valence-electron chi connectivity index (χ1n) is 3.63. The Kier molecular flexibility index (Phi) is 1.46. The van der Waals surface area contributed by atoms with Crippen LogP contribution in [0, 0.1) is 6.90 Å². The van der Waals surface area contributed by atoms with Gasteiger partial charge in [-0.05, 0) is 24.6 Å². The van der Waals surface area contributed by atoms with Gasteiger partial charge in [0.1, 0.15) is 0 Å². The highest BCUT2D eigenvalue weighted by atomic mass is 16.5. The summed E-state index contributed by atoms with van der Waals surface area (Å²) in [5.41, 5.74) is 0.833. The van der Waals surface area contributed by atoms with Crippen molar-refractivity contribution in [1.29, 1.82) is 0 Å². The number of methoxy groups -OCH3 is 1. The van der Waals surface area contributed by atoms with Crippen LogP contribution >= 0.6 is 0 Å². The maximum Gasteiger partial charge on any atom is 0.160 e. The molecule has 0 atom stereocenters. The molecule has 0 radical (unpaired) electrons. The predicted molar refractivity (Wildman–Crippen MR) is 39.4 cm³/mol. The number of rotatable bonds is 1. The van der Waals surface area contributed by atoms with Crippen molar-refractivity contribution in [3.63, 3.8) is 0 Å². The van der Waals surface area contributed by atoms with E-state index in [9.17, 15) is 0 Å². The van der Waals surface area contributed by atoms with Gasteiger partial charge in [0.15, 0.2) is 11.5 Å². The standard InChI is InChI=1S/C8H10O2/c1-6-3-4-7(9)8(5-6)10-2/h3-5,9H,1-2H3/i1D. The van der Waals surface area contributed by atoms with Crippen LogP contribution in [0.15, 0.2) is 18.2 Å². The Morgan fingerprint density at radius 3 is 3.00 bits per heavy atom. The van der Waals surface area contributed by atoms with Gasteiger partial charge in [-0.15, -0.1) is 0 Å². The molecule has 2 heteroatoms. The zero-order valence-corrected chi connectivity index (χ0v) is 5.79. The van der Waals surface area contributed by atoms with Gasteiger partial charge < -0.3 is 9.84 Å². The molecule has 0 aromatic heterocycles. The zero-order valence-electron chi connectivity index (χ0n) is 6.79. The van der Waals surface area contributed by atoms with Gasteiger partial charge in [-0.1, -0.05) is 6.07 Å². The van der Waals surface area contributed by atoms with Gasteiger partial charge in [-0.3, -0.25) is 0 Å². The molecule has 1 rings (SSSR count). The molecule has 0 saturated carbocycles. The van der Waals surface area contributed by atoms with Crippen LogP contribution < -0.4 is 4.74 Å². The summed E-state index contributed by atoms with van der Waals surface area (Å²) >= 11 is 0. The first-order valence-corrected chi connectivity index (χ1v) is 2.93. The molecule has 0 amide bonds. The highest BCUT2D eigenvalue weighted by Gasteiger charge is 1.97. The molecule has 1 aromatic carbocycles. The van der Waals surface area contributed by atoms with E-state index in [1.807, 2.05) is 0 Å². The van der Waals surface area contributed by atoms with Crippen molar-refractivity contribution in [3.05, 3.63) is 23.8 Å². The second-order valence-corrected chi connectivity index (χ2v) is 2.01. The second-order valence-electron chi connectivity index (χ2n) is 2.01. The van der Waals surface area contributed by atoms with Crippen molar-refractivity contribution in [2.75, 3.05) is 7.11 Å². The van der Waals surface area contributed by atoms with E-state index in [0.717, 1.165) is 5.56 Å².